The number of nitro groups is 1. The molecule has 1 atom stereocenters. The first kappa shape index (κ1) is 23.3. The SMILES string of the molecule is Cc1cc(C)c(P2C(=Nc3cccc([N+](=O)[O-])c3)C(C(C)(C)C)=C2C(C)(C)C)c(C)c1. The van der Waals surface area contributed by atoms with Gasteiger partial charge in [-0.1, -0.05) is 65.3 Å². The summed E-state index contributed by atoms with van der Waals surface area (Å²) in [6.07, 6.45) is 0. The Labute approximate surface area is 187 Å². The second-order valence-electron chi connectivity index (χ2n) is 10.5. The highest BCUT2D eigenvalue weighted by molar-refractivity contribution is 7.88. The number of non-ortho nitro benzene ring substituents is 1. The standard InChI is InChI=1S/C26H33N2O2P/c1-16-13-17(2)22(18(3)14-16)31-23(26(7,8)9)21(25(4,5)6)24(31)27-19-11-10-12-20(15-19)28(29)30/h10-15H,1-9H3. The van der Waals surface area contributed by atoms with Gasteiger partial charge in [0.1, 0.15) is 0 Å². The van der Waals surface area contributed by atoms with E-state index in [-0.39, 0.29) is 21.4 Å². The predicted octanol–water partition coefficient (Wildman–Crippen LogP) is 7.72. The Kier molecular flexibility index (Phi) is 6.01. The largest absolute Gasteiger partial charge is 0.271 e. The average Bonchev–Trinajstić information content (AvgIpc) is 2.58. The van der Waals surface area contributed by atoms with E-state index in [1.807, 2.05) is 6.07 Å². The van der Waals surface area contributed by atoms with Gasteiger partial charge in [0.15, 0.2) is 0 Å². The van der Waals surface area contributed by atoms with Gasteiger partial charge in [-0.05, 0) is 65.0 Å². The summed E-state index contributed by atoms with van der Waals surface area (Å²) in [6, 6.07) is 11.2. The number of rotatable bonds is 3. The Hall–Kier alpha value is -2.32. The number of hydrogen-bond donors (Lipinski definition) is 0. The summed E-state index contributed by atoms with van der Waals surface area (Å²) in [4.78, 5) is 16.0. The minimum atomic E-state index is -0.754. The predicted molar refractivity (Wildman–Crippen MR) is 133 cm³/mol. The monoisotopic (exact) mass is 436 g/mol. The van der Waals surface area contributed by atoms with Crippen LogP contribution in [0.15, 0.2) is 52.3 Å². The first-order valence-electron chi connectivity index (χ1n) is 10.7. The van der Waals surface area contributed by atoms with E-state index in [1.165, 1.54) is 38.9 Å². The molecule has 5 heteroatoms. The van der Waals surface area contributed by atoms with Gasteiger partial charge in [-0.25, -0.2) is 4.99 Å². The van der Waals surface area contributed by atoms with Gasteiger partial charge >= 0.3 is 0 Å². The van der Waals surface area contributed by atoms with Crippen LogP contribution in [0.25, 0.3) is 0 Å². The maximum Gasteiger partial charge on any atom is 0.271 e. The maximum absolute atomic E-state index is 11.3. The third kappa shape index (κ3) is 4.50. The lowest BCUT2D eigenvalue weighted by molar-refractivity contribution is -0.384. The fourth-order valence-electron chi connectivity index (χ4n) is 4.43. The molecule has 0 N–H and O–H groups in total. The molecule has 0 bridgehead atoms. The molecule has 0 aromatic heterocycles. The number of aryl methyl sites for hydroxylation is 3. The molecular weight excluding hydrogens is 403 g/mol. The van der Waals surface area contributed by atoms with E-state index in [0.29, 0.717) is 5.69 Å². The van der Waals surface area contributed by atoms with Crippen molar-refractivity contribution < 1.29 is 4.92 Å². The van der Waals surface area contributed by atoms with Crippen LogP contribution in [0.4, 0.5) is 11.4 Å². The van der Waals surface area contributed by atoms with E-state index in [2.05, 4.69) is 74.4 Å². The van der Waals surface area contributed by atoms with Crippen molar-refractivity contribution in [3.05, 3.63) is 74.1 Å². The van der Waals surface area contributed by atoms with Crippen LogP contribution in [0.1, 0.15) is 58.2 Å². The van der Waals surface area contributed by atoms with Crippen molar-refractivity contribution in [2.24, 2.45) is 15.8 Å². The number of aliphatic imine (C=N–C) groups is 1. The first-order chi connectivity index (χ1) is 14.2. The zero-order valence-corrected chi connectivity index (χ0v) is 21.0. The Bertz CT molecular complexity index is 1090. The molecular formula is C26H33N2O2P. The number of hydrogen-bond acceptors (Lipinski definition) is 3. The second kappa shape index (κ2) is 7.98. The lowest BCUT2D eigenvalue weighted by atomic mass is 9.80. The maximum atomic E-state index is 11.3. The van der Waals surface area contributed by atoms with E-state index in [1.54, 1.807) is 12.1 Å². The van der Waals surface area contributed by atoms with E-state index >= 15 is 0 Å². The molecule has 0 saturated carbocycles. The van der Waals surface area contributed by atoms with Crippen molar-refractivity contribution in [3.8, 4) is 0 Å². The van der Waals surface area contributed by atoms with Crippen LogP contribution in [0, 0.1) is 41.7 Å². The molecule has 0 aliphatic carbocycles. The Morgan fingerprint density at radius 3 is 1.97 bits per heavy atom. The molecule has 1 aliphatic rings. The summed E-state index contributed by atoms with van der Waals surface area (Å²) >= 11 is 0. The van der Waals surface area contributed by atoms with E-state index < -0.39 is 7.92 Å². The molecule has 0 spiro atoms. The molecule has 0 radical (unpaired) electrons. The molecule has 2 aromatic carbocycles. The highest BCUT2D eigenvalue weighted by Crippen LogP contribution is 2.68. The fourth-order valence-corrected chi connectivity index (χ4v) is 7.97. The van der Waals surface area contributed by atoms with Crippen LogP contribution in [0.2, 0.25) is 0 Å². The normalized spacial score (nSPS) is 18.4. The van der Waals surface area contributed by atoms with Crippen LogP contribution in [-0.2, 0) is 0 Å². The number of nitrogens with zero attached hydrogens (tertiary/aromatic N) is 2. The van der Waals surface area contributed by atoms with Crippen molar-refractivity contribution in [1.29, 1.82) is 0 Å². The molecule has 0 amide bonds. The molecule has 4 nitrogen and oxygen atoms in total. The molecule has 0 saturated heterocycles. The van der Waals surface area contributed by atoms with Crippen molar-refractivity contribution >= 4 is 30.1 Å². The van der Waals surface area contributed by atoms with Crippen molar-refractivity contribution in [2.45, 2.75) is 62.3 Å². The summed E-state index contributed by atoms with van der Waals surface area (Å²) in [6.45, 7) is 20.1. The average molecular weight is 437 g/mol. The van der Waals surface area contributed by atoms with Gasteiger partial charge in [0, 0.05) is 20.1 Å². The van der Waals surface area contributed by atoms with Gasteiger partial charge in [-0.2, -0.15) is 0 Å². The quantitative estimate of drug-likeness (QED) is 0.281. The van der Waals surface area contributed by atoms with Gasteiger partial charge in [-0.3, -0.25) is 10.1 Å². The zero-order valence-electron chi connectivity index (χ0n) is 20.1. The number of nitro benzene ring substituents is 1. The summed E-state index contributed by atoms with van der Waals surface area (Å²) in [7, 11) is -0.754. The second-order valence-corrected chi connectivity index (χ2v) is 12.5. The lowest BCUT2D eigenvalue weighted by Crippen LogP contribution is -2.36. The van der Waals surface area contributed by atoms with Gasteiger partial charge in [0.25, 0.3) is 5.69 Å². The molecule has 1 heterocycles. The summed E-state index contributed by atoms with van der Waals surface area (Å²) < 4.78 is 0. The third-order valence-corrected chi connectivity index (χ3v) is 8.73. The smallest absolute Gasteiger partial charge is 0.258 e. The molecule has 1 aliphatic heterocycles. The lowest BCUT2D eigenvalue weighted by Gasteiger charge is -2.48. The van der Waals surface area contributed by atoms with Crippen LogP contribution < -0.4 is 5.30 Å². The summed E-state index contributed by atoms with van der Waals surface area (Å²) in [5.41, 5.74) is 6.94. The highest BCUT2D eigenvalue weighted by Gasteiger charge is 2.48. The topological polar surface area (TPSA) is 55.5 Å². The van der Waals surface area contributed by atoms with Gasteiger partial charge in [-0.15, -0.1) is 0 Å². The van der Waals surface area contributed by atoms with E-state index in [9.17, 15) is 10.1 Å². The molecule has 0 fully saturated rings. The molecule has 1 unspecified atom stereocenters. The van der Waals surface area contributed by atoms with Crippen molar-refractivity contribution in [2.75, 3.05) is 0 Å². The van der Waals surface area contributed by atoms with E-state index in [4.69, 9.17) is 4.99 Å². The highest BCUT2D eigenvalue weighted by atomic mass is 31.1. The minimum absolute atomic E-state index is 0.0137. The molecule has 164 valence electrons. The Morgan fingerprint density at radius 1 is 0.903 bits per heavy atom. The number of benzene rings is 2. The summed E-state index contributed by atoms with van der Waals surface area (Å²) in [5, 5.41) is 14.1. The molecule has 3 rings (SSSR count). The van der Waals surface area contributed by atoms with Crippen LogP contribution in [-0.4, -0.2) is 10.4 Å². The van der Waals surface area contributed by atoms with Crippen LogP contribution in [0.5, 0.6) is 0 Å². The van der Waals surface area contributed by atoms with Crippen molar-refractivity contribution in [3.63, 3.8) is 0 Å². The minimum Gasteiger partial charge on any atom is -0.258 e. The van der Waals surface area contributed by atoms with Crippen molar-refractivity contribution in [1.82, 2.24) is 0 Å². The molecule has 2 aromatic rings. The van der Waals surface area contributed by atoms with Crippen LogP contribution in [0.3, 0.4) is 0 Å². The van der Waals surface area contributed by atoms with Gasteiger partial charge < -0.3 is 0 Å². The van der Waals surface area contributed by atoms with E-state index in [0.717, 1.165) is 5.45 Å². The Morgan fingerprint density at radius 2 is 1.48 bits per heavy atom. The first-order valence-corrected chi connectivity index (χ1v) is 12.0. The third-order valence-electron chi connectivity index (χ3n) is 5.49. The zero-order chi connectivity index (χ0) is 23.3. The Balaban J connectivity index is 2.32. The number of allylic oxidation sites excluding steroid dienone is 2. The summed E-state index contributed by atoms with van der Waals surface area (Å²) in [5.74, 6) is 0. The fraction of sp³-hybridized carbons (Fsp3) is 0.423. The van der Waals surface area contributed by atoms with Gasteiger partial charge in [0.2, 0.25) is 0 Å². The molecule has 31 heavy (non-hydrogen) atoms. The van der Waals surface area contributed by atoms with Crippen LogP contribution >= 0.6 is 7.92 Å². The van der Waals surface area contributed by atoms with Gasteiger partial charge in [0.05, 0.1) is 16.1 Å².